The number of para-hydroxylation sites is 1. The van der Waals surface area contributed by atoms with Gasteiger partial charge in [-0.3, -0.25) is 9.59 Å². The van der Waals surface area contributed by atoms with Crippen molar-refractivity contribution in [2.24, 2.45) is 0 Å². The molecule has 0 saturated heterocycles. The van der Waals surface area contributed by atoms with Crippen LogP contribution in [0.2, 0.25) is 0 Å². The molecule has 0 unspecified atom stereocenters. The molecule has 2 aromatic carbocycles. The molecule has 0 aliphatic rings. The van der Waals surface area contributed by atoms with Gasteiger partial charge in [0.05, 0.1) is 10.9 Å². The molecule has 6 nitrogen and oxygen atoms in total. The SMILES string of the molecule is CC(=O)Nc1ccc(C(=O)C=C(Cc2cccs2)c2nc3ccccc3c(=O)o2)cc1. The summed E-state index contributed by atoms with van der Waals surface area (Å²) >= 11 is 1.54. The van der Waals surface area contributed by atoms with Crippen LogP contribution >= 0.6 is 11.3 Å². The Kier molecular flexibility index (Phi) is 5.86. The Morgan fingerprint density at radius 2 is 1.84 bits per heavy atom. The van der Waals surface area contributed by atoms with E-state index >= 15 is 0 Å². The van der Waals surface area contributed by atoms with Crippen LogP contribution in [-0.4, -0.2) is 16.7 Å². The van der Waals surface area contributed by atoms with E-state index in [0.29, 0.717) is 34.1 Å². The minimum absolute atomic E-state index is 0.125. The van der Waals surface area contributed by atoms with Crippen LogP contribution in [0, 0.1) is 0 Å². The molecule has 0 aliphatic carbocycles. The van der Waals surface area contributed by atoms with E-state index in [1.54, 1.807) is 59.9 Å². The zero-order valence-electron chi connectivity index (χ0n) is 16.6. The van der Waals surface area contributed by atoms with Gasteiger partial charge < -0.3 is 9.73 Å². The number of fused-ring (bicyclic) bond motifs is 1. The van der Waals surface area contributed by atoms with Crippen molar-refractivity contribution < 1.29 is 14.0 Å². The Morgan fingerprint density at radius 1 is 1.06 bits per heavy atom. The lowest BCUT2D eigenvalue weighted by Crippen LogP contribution is -2.07. The predicted molar refractivity (Wildman–Crippen MR) is 121 cm³/mol. The Labute approximate surface area is 181 Å². The fourth-order valence-corrected chi connectivity index (χ4v) is 3.84. The van der Waals surface area contributed by atoms with Crippen LogP contribution in [0.1, 0.15) is 28.0 Å². The summed E-state index contributed by atoms with van der Waals surface area (Å²) in [6.07, 6.45) is 1.86. The summed E-state index contributed by atoms with van der Waals surface area (Å²) in [5.74, 6) is -0.312. The summed E-state index contributed by atoms with van der Waals surface area (Å²) in [7, 11) is 0. The third kappa shape index (κ3) is 4.84. The highest BCUT2D eigenvalue weighted by Gasteiger charge is 2.15. The lowest BCUT2D eigenvalue weighted by molar-refractivity contribution is -0.114. The van der Waals surface area contributed by atoms with Crippen molar-refractivity contribution in [2.75, 3.05) is 5.32 Å². The van der Waals surface area contributed by atoms with Gasteiger partial charge in [-0.25, -0.2) is 9.78 Å². The minimum Gasteiger partial charge on any atom is -0.403 e. The summed E-state index contributed by atoms with van der Waals surface area (Å²) in [5.41, 5.74) is 1.58. The van der Waals surface area contributed by atoms with Crippen LogP contribution in [0.15, 0.2) is 81.3 Å². The number of hydrogen-bond acceptors (Lipinski definition) is 6. The summed E-state index contributed by atoms with van der Waals surface area (Å²) in [4.78, 5) is 42.0. The first-order chi connectivity index (χ1) is 15.0. The number of nitrogens with zero attached hydrogens (tertiary/aromatic N) is 1. The molecule has 0 fully saturated rings. The van der Waals surface area contributed by atoms with E-state index in [9.17, 15) is 14.4 Å². The molecule has 0 radical (unpaired) electrons. The zero-order chi connectivity index (χ0) is 21.8. The van der Waals surface area contributed by atoms with Gasteiger partial charge in [-0.15, -0.1) is 11.3 Å². The molecule has 154 valence electrons. The second-order valence-corrected chi connectivity index (χ2v) is 7.90. The molecule has 0 atom stereocenters. The molecule has 4 aromatic rings. The first-order valence-electron chi connectivity index (χ1n) is 9.55. The normalized spacial score (nSPS) is 11.5. The number of benzene rings is 2. The van der Waals surface area contributed by atoms with Gasteiger partial charge in [0.2, 0.25) is 11.8 Å². The second kappa shape index (κ2) is 8.89. The zero-order valence-corrected chi connectivity index (χ0v) is 17.4. The maximum Gasteiger partial charge on any atom is 0.347 e. The summed E-state index contributed by atoms with van der Waals surface area (Å²) in [5, 5.41) is 5.00. The molecule has 1 N–H and O–H groups in total. The Hall–Kier alpha value is -3.84. The van der Waals surface area contributed by atoms with Crippen LogP contribution < -0.4 is 10.9 Å². The molecule has 31 heavy (non-hydrogen) atoms. The number of carbonyl (C=O) groups excluding carboxylic acids is 2. The van der Waals surface area contributed by atoms with Gasteiger partial charge >= 0.3 is 5.63 Å². The van der Waals surface area contributed by atoms with Crippen molar-refractivity contribution in [2.45, 2.75) is 13.3 Å². The lowest BCUT2D eigenvalue weighted by Gasteiger charge is -2.07. The molecule has 1 amide bonds. The number of thiophene rings is 1. The highest BCUT2D eigenvalue weighted by atomic mass is 32.1. The maximum atomic E-state index is 12.9. The van der Waals surface area contributed by atoms with Gasteiger partial charge in [-0.2, -0.15) is 0 Å². The number of allylic oxidation sites excluding steroid dienone is 2. The summed E-state index contributed by atoms with van der Waals surface area (Å²) in [6.45, 7) is 1.42. The number of carbonyl (C=O) groups is 2. The average molecular weight is 430 g/mol. The molecule has 2 heterocycles. The fourth-order valence-electron chi connectivity index (χ4n) is 3.11. The van der Waals surface area contributed by atoms with Crippen molar-refractivity contribution in [3.63, 3.8) is 0 Å². The van der Waals surface area contributed by atoms with Crippen LogP contribution in [-0.2, 0) is 11.2 Å². The second-order valence-electron chi connectivity index (χ2n) is 6.87. The van der Waals surface area contributed by atoms with Crippen LogP contribution in [0.3, 0.4) is 0 Å². The number of amides is 1. The van der Waals surface area contributed by atoms with Crippen molar-refractivity contribution in [3.8, 4) is 0 Å². The number of hydrogen-bond donors (Lipinski definition) is 1. The molecule has 7 heteroatoms. The Balaban J connectivity index is 1.73. The highest BCUT2D eigenvalue weighted by molar-refractivity contribution is 7.10. The number of ketones is 1. The van der Waals surface area contributed by atoms with Crippen molar-refractivity contribution in [3.05, 3.63) is 98.9 Å². The van der Waals surface area contributed by atoms with E-state index in [1.165, 1.54) is 13.0 Å². The van der Waals surface area contributed by atoms with E-state index in [-0.39, 0.29) is 17.6 Å². The van der Waals surface area contributed by atoms with Gasteiger partial charge in [-0.1, -0.05) is 18.2 Å². The minimum atomic E-state index is -0.496. The molecular formula is C24H18N2O4S. The number of anilines is 1. The van der Waals surface area contributed by atoms with E-state index in [4.69, 9.17) is 4.42 Å². The van der Waals surface area contributed by atoms with Gasteiger partial charge in [0, 0.05) is 35.0 Å². The maximum absolute atomic E-state index is 12.9. The van der Waals surface area contributed by atoms with Crippen molar-refractivity contribution in [1.29, 1.82) is 0 Å². The van der Waals surface area contributed by atoms with Gasteiger partial charge in [-0.05, 0) is 53.9 Å². The first-order valence-corrected chi connectivity index (χ1v) is 10.4. The Morgan fingerprint density at radius 3 is 2.55 bits per heavy atom. The molecular weight excluding hydrogens is 412 g/mol. The molecule has 2 aromatic heterocycles. The summed E-state index contributed by atoms with van der Waals surface area (Å²) < 4.78 is 5.47. The standard InChI is InChI=1S/C24H18N2O4S/c1-15(27)25-18-10-8-16(9-11-18)22(28)14-17(13-19-5-4-12-31-19)23-26-21-7-3-2-6-20(21)24(29)30-23/h2-12,14H,13H2,1H3,(H,25,27). The fraction of sp³-hybridized carbons (Fsp3) is 0.0833. The monoisotopic (exact) mass is 430 g/mol. The molecule has 0 bridgehead atoms. The largest absolute Gasteiger partial charge is 0.403 e. The number of rotatable bonds is 6. The van der Waals surface area contributed by atoms with Crippen LogP contribution in [0.5, 0.6) is 0 Å². The molecule has 0 spiro atoms. The smallest absolute Gasteiger partial charge is 0.347 e. The van der Waals surface area contributed by atoms with Crippen molar-refractivity contribution in [1.82, 2.24) is 4.98 Å². The van der Waals surface area contributed by atoms with E-state index in [2.05, 4.69) is 10.3 Å². The van der Waals surface area contributed by atoms with E-state index in [1.807, 2.05) is 17.5 Å². The van der Waals surface area contributed by atoms with E-state index in [0.717, 1.165) is 4.88 Å². The number of aromatic nitrogens is 1. The average Bonchev–Trinajstić information content (AvgIpc) is 3.26. The third-order valence-electron chi connectivity index (χ3n) is 4.55. The summed E-state index contributed by atoms with van der Waals surface area (Å²) in [6, 6.07) is 17.4. The first kappa shape index (κ1) is 20.4. The van der Waals surface area contributed by atoms with E-state index < -0.39 is 5.63 Å². The van der Waals surface area contributed by atoms with Crippen LogP contribution in [0.25, 0.3) is 16.5 Å². The lowest BCUT2D eigenvalue weighted by atomic mass is 10.0. The van der Waals surface area contributed by atoms with Crippen molar-refractivity contribution >= 4 is 45.2 Å². The molecule has 0 saturated carbocycles. The topological polar surface area (TPSA) is 89.3 Å². The molecule has 0 aliphatic heterocycles. The number of nitrogens with one attached hydrogen (secondary N) is 1. The third-order valence-corrected chi connectivity index (χ3v) is 5.43. The quantitative estimate of drug-likeness (QED) is 0.353. The van der Waals surface area contributed by atoms with Gasteiger partial charge in [0.1, 0.15) is 0 Å². The molecule has 4 rings (SSSR count). The highest BCUT2D eigenvalue weighted by Crippen LogP contribution is 2.23. The van der Waals surface area contributed by atoms with Gasteiger partial charge in [0.15, 0.2) is 5.78 Å². The van der Waals surface area contributed by atoms with Crippen LogP contribution in [0.4, 0.5) is 5.69 Å². The Bertz CT molecular complexity index is 1340. The van der Waals surface area contributed by atoms with Gasteiger partial charge in [0.25, 0.3) is 0 Å². The predicted octanol–water partition coefficient (Wildman–Crippen LogP) is 4.72.